The number of carbonyl (C=O) groups excluding carboxylic acids is 5. The molecule has 2 aliphatic rings. The van der Waals surface area contributed by atoms with E-state index in [1.807, 2.05) is 27.7 Å². The summed E-state index contributed by atoms with van der Waals surface area (Å²) in [6.07, 6.45) is 1.18. The monoisotopic (exact) mass is 959 g/mol. The predicted molar refractivity (Wildman–Crippen MR) is 172 cm³/mol. The normalized spacial score (nSPS) is 16.8. The van der Waals surface area contributed by atoms with Crippen LogP contribution < -0.4 is 0 Å². The Balaban J connectivity index is -0.0000000902. The number of nitrogens with zero attached hydrogens (tertiary/aromatic N) is 2. The Morgan fingerprint density at radius 1 is 0.583 bits per heavy atom. The summed E-state index contributed by atoms with van der Waals surface area (Å²) < 4.78 is 0. The molecule has 1 radical (unpaired) electrons. The zero-order valence-electron chi connectivity index (χ0n) is 30.6. The molecular weight excluding hydrogens is 901 g/mol. The van der Waals surface area contributed by atoms with Gasteiger partial charge in [-0.25, -0.2) is 9.59 Å². The molecule has 48 heavy (non-hydrogen) atoms. The van der Waals surface area contributed by atoms with Gasteiger partial charge >= 0.3 is 11.9 Å². The number of hydrogen-bond donors (Lipinski definition) is 4. The summed E-state index contributed by atoms with van der Waals surface area (Å²) in [7, 11) is 0. The second kappa shape index (κ2) is 33.0. The fourth-order valence-electron chi connectivity index (χ4n) is 3.40. The predicted octanol–water partition coefficient (Wildman–Crippen LogP) is 0.928. The molecule has 4 atom stereocenters. The number of carbonyl (C=O) groups is 7. The molecule has 8 N–H and O–H groups in total. The van der Waals surface area contributed by atoms with E-state index in [2.05, 4.69) is 0 Å². The van der Waals surface area contributed by atoms with Gasteiger partial charge < -0.3 is 41.2 Å². The van der Waals surface area contributed by atoms with Crippen LogP contribution in [0.25, 0.3) is 0 Å². The molecule has 0 bridgehead atoms. The van der Waals surface area contributed by atoms with Crippen LogP contribution in [0.5, 0.6) is 0 Å². The van der Waals surface area contributed by atoms with Crippen molar-refractivity contribution in [2.75, 3.05) is 13.1 Å². The largest absolute Gasteiger partial charge is 0.480 e. The summed E-state index contributed by atoms with van der Waals surface area (Å²) in [6.45, 7) is 19.6. The van der Waals surface area contributed by atoms with Crippen LogP contribution in [-0.4, -0.2) is 120 Å². The van der Waals surface area contributed by atoms with E-state index in [1.165, 1.54) is 25.7 Å². The van der Waals surface area contributed by atoms with Gasteiger partial charge in [0.15, 0.2) is 11.6 Å². The molecule has 0 aliphatic carbocycles. The SMILES string of the molecule is CC(=O)C(C)C.CC(=O)C(C)O.CC(=O)C1CCCN1C(=O)C(C)C.CC(C)C(=O)N1CCCC1C(=O)O.CC(O)C(=O)O.O.O.[Ac].[Zn]. The van der Waals surface area contributed by atoms with Crippen LogP contribution in [0.15, 0.2) is 0 Å². The fraction of sp³-hybridized carbons (Fsp3) is 0.774. The van der Waals surface area contributed by atoms with Gasteiger partial charge in [0.1, 0.15) is 24.0 Å². The number of carboxylic acid groups (broad SMARTS) is 2. The van der Waals surface area contributed by atoms with E-state index in [9.17, 15) is 33.6 Å². The molecule has 0 aromatic heterocycles. The molecule has 2 amide bonds. The van der Waals surface area contributed by atoms with Crippen LogP contribution in [0.1, 0.15) is 102 Å². The number of Topliss-reactive ketones (excluding diaryl/α,β-unsaturated/α-hetero) is 3. The van der Waals surface area contributed by atoms with Gasteiger partial charge in [0, 0.05) is 94.4 Å². The number of amides is 2. The van der Waals surface area contributed by atoms with Gasteiger partial charge in [0.2, 0.25) is 11.8 Å². The van der Waals surface area contributed by atoms with E-state index < -0.39 is 30.2 Å². The van der Waals surface area contributed by atoms with E-state index in [1.54, 1.807) is 32.6 Å². The maximum atomic E-state index is 11.6. The number of ketones is 3. The Morgan fingerprint density at radius 2 is 0.854 bits per heavy atom. The van der Waals surface area contributed by atoms with Gasteiger partial charge in [-0.1, -0.05) is 41.5 Å². The van der Waals surface area contributed by atoms with E-state index in [0.29, 0.717) is 13.0 Å². The zero-order chi connectivity index (χ0) is 35.5. The third kappa shape index (κ3) is 28.6. The van der Waals surface area contributed by atoms with Crippen molar-refractivity contribution in [1.82, 2.24) is 9.80 Å². The minimum Gasteiger partial charge on any atom is -0.480 e. The average Bonchev–Trinajstić information content (AvgIpc) is 3.59. The van der Waals surface area contributed by atoms with E-state index in [-0.39, 0.29) is 127 Å². The standard InChI is InChI=1S/C10H17NO2.C9H15NO3.C5H10O.C4H8O2.C3H6O3.Ac.2H2O.Zn/c1-7(2)10(13)11-6-4-5-9(11)8(3)12;1-6(2)8(11)10-5-3-4-7(10)9(12)13;1-4(2)5(3)6;1-3(5)4(2)6;1-2(4)3(5)6;;;;/h7,9H,4-6H2,1-3H3;6-7H,3-5H2,1-2H3,(H,12,13);4H,1-3H3;3,5H,1-2H3;2,4H,1H3,(H,5,6);;2*1H2;. The van der Waals surface area contributed by atoms with Gasteiger partial charge in [-0.05, 0) is 60.3 Å². The van der Waals surface area contributed by atoms with Crippen molar-refractivity contribution >= 4 is 41.1 Å². The number of rotatable bonds is 7. The summed E-state index contributed by atoms with van der Waals surface area (Å²) in [5.74, 6) is -1.72. The first-order valence-electron chi connectivity index (χ1n) is 14.9. The number of hydrogen-bond acceptors (Lipinski definition) is 9. The average molecular weight is 961 g/mol. The van der Waals surface area contributed by atoms with Gasteiger partial charge in [-0.15, -0.1) is 0 Å². The van der Waals surface area contributed by atoms with Gasteiger partial charge in [-0.3, -0.25) is 24.0 Å². The molecule has 0 aromatic rings. The summed E-state index contributed by atoms with van der Waals surface area (Å²) in [5, 5.41) is 32.9. The summed E-state index contributed by atoms with van der Waals surface area (Å²) in [4.78, 5) is 77.8. The molecule has 2 saturated heterocycles. The quantitative estimate of drug-likeness (QED) is 0.261. The molecule has 0 aromatic carbocycles. The number of likely N-dealkylation sites (tertiary alicyclic amines) is 2. The van der Waals surface area contributed by atoms with E-state index >= 15 is 0 Å². The van der Waals surface area contributed by atoms with Crippen LogP contribution >= 0.6 is 0 Å². The van der Waals surface area contributed by atoms with Crippen LogP contribution in [-0.2, 0) is 53.0 Å². The van der Waals surface area contributed by atoms with Crippen LogP contribution in [0.3, 0.4) is 0 Å². The molecule has 4 unspecified atom stereocenters. The maximum absolute atomic E-state index is 11.6. The van der Waals surface area contributed by atoms with Gasteiger partial charge in [-0.2, -0.15) is 0 Å². The first kappa shape index (κ1) is 62.0. The first-order valence-corrected chi connectivity index (χ1v) is 14.9. The fourth-order valence-corrected chi connectivity index (χ4v) is 3.40. The summed E-state index contributed by atoms with van der Waals surface area (Å²) in [5.41, 5.74) is 0. The number of carboxylic acids is 2. The van der Waals surface area contributed by atoms with Crippen LogP contribution in [0.4, 0.5) is 0 Å². The molecule has 17 heteroatoms. The Kier molecular flexibility index (Phi) is 42.6. The Hall–Kier alpha value is -1.21. The number of aliphatic carboxylic acids is 2. The van der Waals surface area contributed by atoms with Crippen molar-refractivity contribution in [2.24, 2.45) is 17.8 Å². The second-order valence-electron chi connectivity index (χ2n) is 11.7. The topological polar surface area (TPSA) is 270 Å². The zero-order valence-corrected chi connectivity index (χ0v) is 38.3. The Morgan fingerprint density at radius 3 is 1.04 bits per heavy atom. The molecule has 2 rings (SSSR count). The summed E-state index contributed by atoms with van der Waals surface area (Å²) in [6, 6.07) is -0.732. The van der Waals surface area contributed by atoms with Crippen molar-refractivity contribution < 1.29 is 128 Å². The number of aliphatic hydroxyl groups excluding tert-OH is 2. The van der Waals surface area contributed by atoms with E-state index in [0.717, 1.165) is 25.8 Å². The maximum Gasteiger partial charge on any atom is 0.332 e. The molecular formula is C31H60AcN2O13Zn. The second-order valence-corrected chi connectivity index (χ2v) is 11.7. The third-order valence-electron chi connectivity index (χ3n) is 6.57. The molecule has 2 aliphatic heterocycles. The molecule has 277 valence electrons. The molecule has 2 fully saturated rings. The van der Waals surface area contributed by atoms with E-state index in [4.69, 9.17) is 20.4 Å². The minimum atomic E-state index is -1.23. The first-order chi connectivity index (χ1) is 20.0. The van der Waals surface area contributed by atoms with Crippen LogP contribution in [0, 0.1) is 61.8 Å². The van der Waals surface area contributed by atoms with Gasteiger partial charge in [0.25, 0.3) is 0 Å². The smallest absolute Gasteiger partial charge is 0.332 e. The number of aliphatic hydroxyl groups is 2. The van der Waals surface area contributed by atoms with Gasteiger partial charge in [0.05, 0.1) is 6.04 Å². The van der Waals surface area contributed by atoms with Crippen molar-refractivity contribution in [3.05, 3.63) is 0 Å². The summed E-state index contributed by atoms with van der Waals surface area (Å²) >= 11 is 0. The Labute approximate surface area is 333 Å². The van der Waals surface area contributed by atoms with Crippen molar-refractivity contribution in [3.63, 3.8) is 0 Å². The van der Waals surface area contributed by atoms with Crippen molar-refractivity contribution in [1.29, 1.82) is 0 Å². The third-order valence-corrected chi connectivity index (χ3v) is 6.57. The minimum absolute atomic E-state index is 0. The molecule has 0 spiro atoms. The van der Waals surface area contributed by atoms with Crippen molar-refractivity contribution in [3.8, 4) is 0 Å². The molecule has 2 heterocycles. The molecule has 0 saturated carbocycles. The van der Waals surface area contributed by atoms with Crippen molar-refractivity contribution in [2.45, 2.75) is 126 Å². The van der Waals surface area contributed by atoms with Crippen LogP contribution in [0.2, 0.25) is 0 Å². The molecule has 15 nitrogen and oxygen atoms in total. The Bertz CT molecular complexity index is 870.